The second-order valence-electron chi connectivity index (χ2n) is 13.0. The van der Waals surface area contributed by atoms with E-state index >= 15 is 0 Å². The first-order valence-corrected chi connectivity index (χ1v) is 20.7. The lowest BCUT2D eigenvalue weighted by Gasteiger charge is -2.17. The fraction of sp³-hybridized carbons (Fsp3) is 0.537. The third-order valence-corrected chi connectivity index (χ3v) is 7.74. The number of hydrogen-bond donors (Lipinski definition) is 3. The fourth-order valence-corrected chi connectivity index (χ4v) is 4.63. The van der Waals surface area contributed by atoms with Gasteiger partial charge in [-0.15, -0.1) is 6.54 Å². The Hall–Kier alpha value is -6.99. The topological polar surface area (TPSA) is 365 Å². The monoisotopic (exact) mass is 966 g/mol. The summed E-state index contributed by atoms with van der Waals surface area (Å²) in [5.74, 6) is -4.61. The number of benzene rings is 2. The zero-order valence-corrected chi connectivity index (χ0v) is 37.3. The number of carboxylic acids is 1. The van der Waals surface area contributed by atoms with Crippen molar-refractivity contribution in [1.29, 1.82) is 0 Å². The van der Waals surface area contributed by atoms with E-state index in [-0.39, 0.29) is 71.0 Å². The normalized spacial score (nSPS) is 12.5. The molecular weight excluding hydrogens is 911 g/mol. The van der Waals surface area contributed by atoms with Crippen LogP contribution in [-0.4, -0.2) is 139 Å². The summed E-state index contributed by atoms with van der Waals surface area (Å²) in [4.78, 5) is 83.0. The molecule has 0 saturated carbocycles. The van der Waals surface area contributed by atoms with Crippen LogP contribution in [0.15, 0.2) is 70.9 Å². The van der Waals surface area contributed by atoms with Gasteiger partial charge in [-0.2, -0.15) is 0 Å². The molecule has 3 amide bonds. The highest BCUT2D eigenvalue weighted by atomic mass is 19.3. The van der Waals surface area contributed by atoms with E-state index in [2.05, 4.69) is 40.7 Å². The van der Waals surface area contributed by atoms with Gasteiger partial charge in [0, 0.05) is 55.8 Å². The molecule has 2 atom stereocenters. The van der Waals surface area contributed by atoms with E-state index in [1.54, 1.807) is 0 Å². The third kappa shape index (κ3) is 36.3. The lowest BCUT2D eigenvalue weighted by Crippen LogP contribution is -2.47. The number of hydrogen-bond acceptors (Lipinski definition) is 17. The van der Waals surface area contributed by atoms with Gasteiger partial charge in [0.2, 0.25) is 11.8 Å². The SMILES string of the molecule is CC(=O)N[C@@H](CCC(=O)OCc1ccccc1)C(=O)NCCOCCOCCN=[N+]=[N-].O=C(CC[C@@H]1NC(=O)OC1=O)OCc1ccccc1.O=C([O-])C(F)F.[N-]=[N+]=NCCOCCOCC[NH-]. The number of azide groups is 2. The molecule has 0 aliphatic carbocycles. The summed E-state index contributed by atoms with van der Waals surface area (Å²) < 4.78 is 56.0. The van der Waals surface area contributed by atoms with Crippen molar-refractivity contribution in [2.24, 2.45) is 10.2 Å². The second kappa shape index (κ2) is 41.4. The van der Waals surface area contributed by atoms with Crippen LogP contribution in [0, 0.1) is 0 Å². The van der Waals surface area contributed by atoms with Crippen LogP contribution in [0.3, 0.4) is 0 Å². The minimum absolute atomic E-state index is 0.00507. The van der Waals surface area contributed by atoms with Crippen LogP contribution in [-0.2, 0) is 75.1 Å². The zero-order valence-electron chi connectivity index (χ0n) is 37.3. The maximum absolute atomic E-state index is 12.3. The number of alkyl halides is 2. The van der Waals surface area contributed by atoms with Crippen molar-refractivity contribution >= 4 is 41.8 Å². The number of ether oxygens (including phenoxy) is 7. The highest BCUT2D eigenvalue weighted by Crippen LogP contribution is 2.09. The number of esters is 3. The molecule has 3 rings (SSSR count). The van der Waals surface area contributed by atoms with Crippen LogP contribution in [0.5, 0.6) is 0 Å². The smallest absolute Gasteiger partial charge is 0.415 e. The Balaban J connectivity index is 0.00000102. The molecule has 0 radical (unpaired) electrons. The molecular formula is C41H56F2N10O15-2. The summed E-state index contributed by atoms with van der Waals surface area (Å²) in [7, 11) is 0. The molecule has 376 valence electrons. The average molecular weight is 967 g/mol. The minimum atomic E-state index is -3.34. The molecule has 0 bridgehead atoms. The van der Waals surface area contributed by atoms with E-state index < -0.39 is 54.4 Å². The molecule has 27 heteroatoms. The van der Waals surface area contributed by atoms with Crippen LogP contribution in [0.2, 0.25) is 0 Å². The molecule has 2 aromatic carbocycles. The van der Waals surface area contributed by atoms with Gasteiger partial charge < -0.3 is 64.7 Å². The number of halogens is 2. The first-order chi connectivity index (χ1) is 32.7. The van der Waals surface area contributed by atoms with Gasteiger partial charge in [-0.25, -0.2) is 18.4 Å². The van der Waals surface area contributed by atoms with Crippen molar-refractivity contribution in [3.63, 3.8) is 0 Å². The Kier molecular flexibility index (Phi) is 37.2. The van der Waals surface area contributed by atoms with Gasteiger partial charge >= 0.3 is 24.0 Å². The highest BCUT2D eigenvalue weighted by molar-refractivity contribution is 5.95. The molecule has 1 heterocycles. The average Bonchev–Trinajstić information content (AvgIpc) is 3.66. The summed E-state index contributed by atoms with van der Waals surface area (Å²) in [6, 6.07) is 16.9. The van der Waals surface area contributed by atoms with Crippen molar-refractivity contribution in [3.8, 4) is 0 Å². The molecule has 68 heavy (non-hydrogen) atoms. The highest BCUT2D eigenvalue weighted by Gasteiger charge is 2.32. The Morgan fingerprint density at radius 3 is 1.68 bits per heavy atom. The number of carboxylic acid groups (broad SMARTS) is 1. The van der Waals surface area contributed by atoms with Crippen molar-refractivity contribution < 1.29 is 80.6 Å². The zero-order chi connectivity index (χ0) is 50.6. The number of nitrogens with zero attached hydrogens (tertiary/aromatic N) is 6. The molecule has 1 saturated heterocycles. The largest absolute Gasteiger partial charge is 0.676 e. The van der Waals surface area contributed by atoms with E-state index in [1.165, 1.54) is 6.92 Å². The minimum Gasteiger partial charge on any atom is -0.676 e. The Bertz CT molecular complexity index is 1860. The molecule has 2 aromatic rings. The lowest BCUT2D eigenvalue weighted by atomic mass is 10.1. The van der Waals surface area contributed by atoms with Crippen molar-refractivity contribution in [2.45, 2.75) is 64.3 Å². The Labute approximate surface area is 389 Å². The van der Waals surface area contributed by atoms with Crippen LogP contribution in [0.4, 0.5) is 13.6 Å². The van der Waals surface area contributed by atoms with Crippen LogP contribution in [0.25, 0.3) is 26.6 Å². The van der Waals surface area contributed by atoms with Gasteiger partial charge in [0.25, 0.3) is 6.43 Å². The first kappa shape index (κ1) is 61.0. The van der Waals surface area contributed by atoms with Gasteiger partial charge in [-0.3, -0.25) is 19.2 Å². The molecule has 1 fully saturated rings. The number of amides is 3. The molecule has 1 aliphatic rings. The van der Waals surface area contributed by atoms with Crippen LogP contribution >= 0.6 is 0 Å². The Morgan fingerprint density at radius 2 is 1.25 bits per heavy atom. The van der Waals surface area contributed by atoms with E-state index in [9.17, 15) is 37.5 Å². The molecule has 25 nitrogen and oxygen atoms in total. The molecule has 4 N–H and O–H groups in total. The predicted molar refractivity (Wildman–Crippen MR) is 231 cm³/mol. The standard InChI is InChI=1S/C20H29N5O6.C13H13NO5.C6H13N4O2.C2H2F2O2/c1-16(26)24-18(7-8-19(27)31-15-17-5-3-2-4-6-17)20(28)22-9-11-29-13-14-30-12-10-23-25-21;15-11(18-8-9-4-2-1-3-5-9)7-6-10-12(16)19-13(17)14-10;7-1-3-11-5-6-12-4-2-9-10-8;3-1(4)2(5)6/h2-6,18H,7-15H2,1H3,(H,22,28)(H,24,26);1-5,10H,6-8H2,(H,14,17);7H,1-6H2;1H,(H,5,6)/q;;-1;/p-1/t18-;10-;;/m00../s1. The number of rotatable bonds is 30. The number of cyclic esters (lactones) is 2. The van der Waals surface area contributed by atoms with E-state index in [4.69, 9.17) is 55.1 Å². The lowest BCUT2D eigenvalue weighted by molar-refractivity contribution is -0.317. The van der Waals surface area contributed by atoms with Crippen molar-refractivity contribution in [3.05, 3.63) is 98.4 Å². The van der Waals surface area contributed by atoms with Crippen molar-refractivity contribution in [1.82, 2.24) is 16.0 Å². The van der Waals surface area contributed by atoms with E-state index in [0.29, 0.717) is 52.8 Å². The van der Waals surface area contributed by atoms with E-state index in [0.717, 1.165) is 11.1 Å². The molecule has 0 aromatic heterocycles. The summed E-state index contributed by atoms with van der Waals surface area (Å²) in [6.45, 7) is 5.89. The molecule has 0 unspecified atom stereocenters. The predicted octanol–water partition coefficient (Wildman–Crippen LogP) is 3.00. The van der Waals surface area contributed by atoms with Gasteiger partial charge in [0.05, 0.1) is 46.2 Å². The van der Waals surface area contributed by atoms with Gasteiger partial charge in [0.1, 0.15) is 31.3 Å². The van der Waals surface area contributed by atoms with Gasteiger partial charge in [-0.05, 0) is 35.0 Å². The number of carbonyl (C=O) groups is 7. The number of aliphatic carboxylic acids is 1. The number of alkyl carbamates (subject to hydrolysis) is 1. The first-order valence-electron chi connectivity index (χ1n) is 20.7. The quantitative estimate of drug-likeness (QED) is 0.0193. The number of nitrogens with one attached hydrogen (secondary N) is 4. The van der Waals surface area contributed by atoms with Gasteiger partial charge in [-0.1, -0.05) is 70.9 Å². The number of carbonyl (C=O) groups excluding carboxylic acids is 7. The molecule has 1 aliphatic heterocycles. The summed E-state index contributed by atoms with van der Waals surface area (Å²) in [5, 5.41) is 23.0. The summed E-state index contributed by atoms with van der Waals surface area (Å²) in [5.41, 5.74) is 24.5. The summed E-state index contributed by atoms with van der Waals surface area (Å²) >= 11 is 0. The Morgan fingerprint density at radius 1 is 0.779 bits per heavy atom. The summed E-state index contributed by atoms with van der Waals surface area (Å²) in [6.07, 6.45) is -3.77. The van der Waals surface area contributed by atoms with Crippen LogP contribution in [0.1, 0.15) is 43.7 Å². The second-order valence-corrected chi connectivity index (χ2v) is 13.0. The molecule has 0 spiro atoms. The maximum atomic E-state index is 12.3. The third-order valence-electron chi connectivity index (χ3n) is 7.74. The van der Waals surface area contributed by atoms with E-state index in [1.807, 2.05) is 60.7 Å². The fourth-order valence-electron chi connectivity index (χ4n) is 4.63. The van der Waals surface area contributed by atoms with Gasteiger partial charge in [0.15, 0.2) is 0 Å². The van der Waals surface area contributed by atoms with Crippen LogP contribution < -0.4 is 21.1 Å². The van der Waals surface area contributed by atoms with Crippen molar-refractivity contribution in [2.75, 3.05) is 79.0 Å². The maximum Gasteiger partial charge on any atom is 0.415 e.